The van der Waals surface area contributed by atoms with Crippen LogP contribution in [-0.2, 0) is 0 Å². The highest BCUT2D eigenvalue weighted by Crippen LogP contribution is 2.39. The molecule has 1 aliphatic rings. The van der Waals surface area contributed by atoms with Gasteiger partial charge in [-0.05, 0) is 42.9 Å². The van der Waals surface area contributed by atoms with Crippen molar-refractivity contribution in [1.29, 1.82) is 0 Å². The summed E-state index contributed by atoms with van der Waals surface area (Å²) < 4.78 is 5.83. The molecule has 112 valence electrons. The van der Waals surface area contributed by atoms with Crippen molar-refractivity contribution in [2.45, 2.75) is 58.9 Å². The molecule has 1 atom stereocenters. The van der Waals surface area contributed by atoms with Gasteiger partial charge in [0.15, 0.2) is 0 Å². The molecule has 20 heavy (non-hydrogen) atoms. The molecule has 0 aromatic heterocycles. The lowest BCUT2D eigenvalue weighted by Crippen LogP contribution is -2.39. The highest BCUT2D eigenvalue weighted by atomic mass is 35.5. The zero-order valence-electron chi connectivity index (χ0n) is 12.8. The molecule has 0 heterocycles. The van der Waals surface area contributed by atoms with Gasteiger partial charge in [0, 0.05) is 11.1 Å². The molecular formula is C17H26ClNO. The summed E-state index contributed by atoms with van der Waals surface area (Å²) in [6.45, 7) is 7.56. The van der Waals surface area contributed by atoms with Crippen LogP contribution in [0.15, 0.2) is 18.2 Å². The Bertz CT molecular complexity index is 445. The van der Waals surface area contributed by atoms with Gasteiger partial charge in [0.25, 0.3) is 0 Å². The van der Waals surface area contributed by atoms with Crippen LogP contribution in [-0.4, -0.2) is 12.6 Å². The molecular weight excluding hydrogens is 270 g/mol. The fourth-order valence-electron chi connectivity index (χ4n) is 2.90. The lowest BCUT2D eigenvalue weighted by molar-refractivity contribution is 0.216. The molecule has 0 amide bonds. The Hall–Kier alpha value is -0.890. The normalized spacial score (nSPS) is 21.5. The number of rotatable bonds is 5. The fraction of sp³-hybridized carbons (Fsp3) is 0.647. The van der Waals surface area contributed by atoms with E-state index in [1.807, 2.05) is 18.2 Å². The molecule has 1 saturated carbocycles. The highest BCUT2D eigenvalue weighted by molar-refractivity contribution is 6.30. The molecule has 2 rings (SSSR count). The molecule has 1 unspecified atom stereocenters. The van der Waals surface area contributed by atoms with E-state index in [1.165, 1.54) is 25.7 Å². The Morgan fingerprint density at radius 1 is 1.35 bits per heavy atom. The van der Waals surface area contributed by atoms with Gasteiger partial charge in [-0.1, -0.05) is 45.2 Å². The summed E-state index contributed by atoms with van der Waals surface area (Å²) in [6.07, 6.45) is 6.13. The molecule has 0 aliphatic heterocycles. The zero-order valence-corrected chi connectivity index (χ0v) is 13.6. The average molecular weight is 296 g/mol. The number of nitrogens with one attached hydrogen (secondary N) is 1. The number of anilines is 1. The standard InChI is InChI=1S/C17H26ClNO/c1-4-11-20-15-9-8-13(18)12-14(15)19-16-7-5-6-10-17(16,2)3/h8-9,12,16,19H,4-7,10-11H2,1-3H3. The number of ether oxygens (including phenoxy) is 1. The van der Waals surface area contributed by atoms with Crippen LogP contribution >= 0.6 is 11.6 Å². The Morgan fingerprint density at radius 2 is 2.15 bits per heavy atom. The first-order chi connectivity index (χ1) is 9.53. The van der Waals surface area contributed by atoms with Crippen LogP contribution in [0, 0.1) is 5.41 Å². The number of hydrogen-bond donors (Lipinski definition) is 1. The molecule has 3 heteroatoms. The van der Waals surface area contributed by atoms with Gasteiger partial charge in [-0.15, -0.1) is 0 Å². The summed E-state index contributed by atoms with van der Waals surface area (Å²) in [5, 5.41) is 4.43. The van der Waals surface area contributed by atoms with E-state index in [-0.39, 0.29) is 0 Å². The zero-order chi connectivity index (χ0) is 14.6. The first kappa shape index (κ1) is 15.5. The molecule has 0 spiro atoms. The van der Waals surface area contributed by atoms with Crippen LogP contribution in [0.25, 0.3) is 0 Å². The van der Waals surface area contributed by atoms with Crippen LogP contribution in [0.1, 0.15) is 52.9 Å². The minimum Gasteiger partial charge on any atom is -0.491 e. The van der Waals surface area contributed by atoms with Crippen molar-refractivity contribution in [2.75, 3.05) is 11.9 Å². The summed E-state index contributed by atoms with van der Waals surface area (Å²) >= 11 is 6.14. The van der Waals surface area contributed by atoms with Crippen LogP contribution in [0.2, 0.25) is 5.02 Å². The van der Waals surface area contributed by atoms with E-state index in [4.69, 9.17) is 16.3 Å². The van der Waals surface area contributed by atoms with Crippen LogP contribution in [0.4, 0.5) is 5.69 Å². The summed E-state index contributed by atoms with van der Waals surface area (Å²) in [5.41, 5.74) is 1.36. The van der Waals surface area contributed by atoms with E-state index < -0.39 is 0 Å². The van der Waals surface area contributed by atoms with Gasteiger partial charge in [-0.25, -0.2) is 0 Å². The van der Waals surface area contributed by atoms with Crippen molar-refractivity contribution in [2.24, 2.45) is 5.41 Å². The monoisotopic (exact) mass is 295 g/mol. The van der Waals surface area contributed by atoms with Gasteiger partial charge in [-0.2, -0.15) is 0 Å². The molecule has 0 saturated heterocycles. The van der Waals surface area contributed by atoms with Crippen molar-refractivity contribution in [3.05, 3.63) is 23.2 Å². The van der Waals surface area contributed by atoms with E-state index in [2.05, 4.69) is 26.1 Å². The maximum Gasteiger partial charge on any atom is 0.142 e. The van der Waals surface area contributed by atoms with E-state index in [1.54, 1.807) is 0 Å². The summed E-state index contributed by atoms with van der Waals surface area (Å²) in [5.74, 6) is 0.914. The number of benzene rings is 1. The molecule has 1 aliphatic carbocycles. The Balaban J connectivity index is 2.16. The van der Waals surface area contributed by atoms with Gasteiger partial charge < -0.3 is 10.1 Å². The highest BCUT2D eigenvalue weighted by Gasteiger charge is 2.32. The number of hydrogen-bond acceptors (Lipinski definition) is 2. The van der Waals surface area contributed by atoms with Crippen LogP contribution in [0.5, 0.6) is 5.75 Å². The van der Waals surface area contributed by atoms with E-state index in [9.17, 15) is 0 Å². The second kappa shape index (κ2) is 6.71. The van der Waals surface area contributed by atoms with Gasteiger partial charge >= 0.3 is 0 Å². The maximum atomic E-state index is 6.14. The third kappa shape index (κ3) is 3.82. The predicted molar refractivity (Wildman–Crippen MR) is 86.9 cm³/mol. The molecule has 2 nitrogen and oxygen atoms in total. The Labute approximate surface area is 127 Å². The van der Waals surface area contributed by atoms with Crippen LogP contribution in [0.3, 0.4) is 0 Å². The smallest absolute Gasteiger partial charge is 0.142 e. The first-order valence-electron chi connectivity index (χ1n) is 7.72. The fourth-order valence-corrected chi connectivity index (χ4v) is 3.07. The SMILES string of the molecule is CCCOc1ccc(Cl)cc1NC1CCCCC1(C)C. The molecule has 0 radical (unpaired) electrons. The van der Waals surface area contributed by atoms with E-state index >= 15 is 0 Å². The second-order valence-electron chi connectivity index (χ2n) is 6.42. The van der Waals surface area contributed by atoms with Crippen molar-refractivity contribution < 1.29 is 4.74 Å². The minimum absolute atomic E-state index is 0.322. The summed E-state index contributed by atoms with van der Waals surface area (Å²) in [7, 11) is 0. The largest absolute Gasteiger partial charge is 0.491 e. The summed E-state index contributed by atoms with van der Waals surface area (Å²) in [6, 6.07) is 6.33. The lowest BCUT2D eigenvalue weighted by atomic mass is 9.73. The molecule has 1 aromatic rings. The molecule has 1 aromatic carbocycles. The van der Waals surface area contributed by atoms with Crippen molar-refractivity contribution in [3.63, 3.8) is 0 Å². The van der Waals surface area contributed by atoms with E-state index in [0.717, 1.165) is 29.5 Å². The van der Waals surface area contributed by atoms with Crippen molar-refractivity contribution >= 4 is 17.3 Å². The summed E-state index contributed by atoms with van der Waals surface area (Å²) in [4.78, 5) is 0. The Morgan fingerprint density at radius 3 is 2.85 bits per heavy atom. The van der Waals surface area contributed by atoms with Crippen molar-refractivity contribution in [3.8, 4) is 5.75 Å². The van der Waals surface area contributed by atoms with Gasteiger partial charge in [0.2, 0.25) is 0 Å². The third-order valence-corrected chi connectivity index (χ3v) is 4.48. The van der Waals surface area contributed by atoms with Crippen LogP contribution < -0.4 is 10.1 Å². The second-order valence-corrected chi connectivity index (χ2v) is 6.86. The third-order valence-electron chi connectivity index (χ3n) is 4.24. The predicted octanol–water partition coefficient (Wildman–Crippen LogP) is 5.51. The van der Waals surface area contributed by atoms with Gasteiger partial charge in [0.1, 0.15) is 5.75 Å². The Kier molecular flexibility index (Phi) is 5.20. The average Bonchev–Trinajstić information content (AvgIpc) is 2.40. The minimum atomic E-state index is 0.322. The topological polar surface area (TPSA) is 21.3 Å². The first-order valence-corrected chi connectivity index (χ1v) is 8.09. The maximum absolute atomic E-state index is 6.14. The quantitative estimate of drug-likeness (QED) is 0.773. The van der Waals surface area contributed by atoms with Crippen molar-refractivity contribution in [1.82, 2.24) is 0 Å². The molecule has 0 bridgehead atoms. The lowest BCUT2D eigenvalue weighted by Gasteiger charge is -2.40. The van der Waals surface area contributed by atoms with Gasteiger partial charge in [-0.3, -0.25) is 0 Å². The van der Waals surface area contributed by atoms with E-state index in [0.29, 0.717) is 11.5 Å². The van der Waals surface area contributed by atoms with Gasteiger partial charge in [0.05, 0.1) is 12.3 Å². The number of halogens is 1. The molecule has 1 fully saturated rings. The molecule has 1 N–H and O–H groups in total.